The van der Waals surface area contributed by atoms with Crippen LogP contribution in [0, 0.1) is 0 Å². The predicted molar refractivity (Wildman–Crippen MR) is 62.0 cm³/mol. The Morgan fingerprint density at radius 3 is 2.88 bits per heavy atom. The van der Waals surface area contributed by atoms with Crippen molar-refractivity contribution < 1.29 is 4.79 Å². The van der Waals surface area contributed by atoms with Crippen molar-refractivity contribution in [1.29, 1.82) is 0 Å². The first-order chi connectivity index (χ1) is 7.63. The fraction of sp³-hybridized carbons (Fsp3) is 0.667. The fourth-order valence-corrected chi connectivity index (χ4v) is 2.38. The molecule has 1 aliphatic rings. The zero-order valence-corrected chi connectivity index (χ0v) is 10.3. The minimum Gasteiger partial charge on any atom is -0.338 e. The molecule has 0 saturated carbocycles. The zero-order chi connectivity index (χ0) is 11.7. The first-order valence-electron chi connectivity index (χ1n) is 5.92. The number of hydrogen-bond acceptors (Lipinski definition) is 2. The average molecular weight is 221 g/mol. The topological polar surface area (TPSA) is 38.1 Å². The first-order valence-corrected chi connectivity index (χ1v) is 5.92. The van der Waals surface area contributed by atoms with Crippen molar-refractivity contribution in [3.8, 4) is 0 Å². The van der Waals surface area contributed by atoms with Crippen molar-refractivity contribution in [3.05, 3.63) is 17.0 Å². The Bertz CT molecular complexity index is 409. The van der Waals surface area contributed by atoms with E-state index in [2.05, 4.69) is 12.0 Å². The van der Waals surface area contributed by atoms with Gasteiger partial charge >= 0.3 is 0 Å². The molecule has 0 bridgehead atoms. The lowest BCUT2D eigenvalue weighted by atomic mass is 10.0. The van der Waals surface area contributed by atoms with Gasteiger partial charge < -0.3 is 4.90 Å². The van der Waals surface area contributed by atoms with Crippen molar-refractivity contribution >= 4 is 5.91 Å². The molecule has 1 aromatic heterocycles. The molecule has 0 atom stereocenters. The summed E-state index contributed by atoms with van der Waals surface area (Å²) in [5.41, 5.74) is 3.76. The summed E-state index contributed by atoms with van der Waals surface area (Å²) in [5, 5.41) is 4.55. The Kier molecular flexibility index (Phi) is 2.99. The van der Waals surface area contributed by atoms with E-state index in [4.69, 9.17) is 0 Å². The maximum Gasteiger partial charge on any atom is 0.219 e. The SMILES string of the molecule is CCCc1nn(C)c2c1CN(C(C)=O)CC2. The van der Waals surface area contributed by atoms with Crippen LogP contribution >= 0.6 is 0 Å². The quantitative estimate of drug-likeness (QED) is 0.754. The molecule has 4 heteroatoms. The second-order valence-corrected chi connectivity index (χ2v) is 4.44. The van der Waals surface area contributed by atoms with Gasteiger partial charge in [-0.2, -0.15) is 5.10 Å². The van der Waals surface area contributed by atoms with Crippen LogP contribution in [0.5, 0.6) is 0 Å². The maximum absolute atomic E-state index is 11.4. The predicted octanol–water partition coefficient (Wildman–Crippen LogP) is 1.28. The monoisotopic (exact) mass is 221 g/mol. The van der Waals surface area contributed by atoms with E-state index in [9.17, 15) is 4.79 Å². The molecule has 1 aromatic rings. The largest absolute Gasteiger partial charge is 0.338 e. The molecule has 0 saturated heterocycles. The molecule has 0 fully saturated rings. The van der Waals surface area contributed by atoms with Crippen molar-refractivity contribution in [2.75, 3.05) is 6.54 Å². The van der Waals surface area contributed by atoms with Crippen LogP contribution in [-0.4, -0.2) is 27.1 Å². The molecule has 0 unspecified atom stereocenters. The highest BCUT2D eigenvalue weighted by Gasteiger charge is 2.24. The van der Waals surface area contributed by atoms with E-state index < -0.39 is 0 Å². The maximum atomic E-state index is 11.4. The van der Waals surface area contributed by atoms with E-state index in [0.717, 1.165) is 32.4 Å². The van der Waals surface area contributed by atoms with Crippen LogP contribution in [0.2, 0.25) is 0 Å². The standard InChI is InChI=1S/C12H19N3O/c1-4-5-11-10-8-15(9(2)16)7-6-12(10)14(3)13-11/h4-8H2,1-3H3. The van der Waals surface area contributed by atoms with E-state index in [1.165, 1.54) is 17.0 Å². The first kappa shape index (κ1) is 11.2. The number of nitrogens with zero attached hydrogens (tertiary/aromatic N) is 3. The van der Waals surface area contributed by atoms with Crippen molar-refractivity contribution in [3.63, 3.8) is 0 Å². The second kappa shape index (κ2) is 4.28. The molecule has 1 aliphatic heterocycles. The lowest BCUT2D eigenvalue weighted by molar-refractivity contribution is -0.129. The second-order valence-electron chi connectivity index (χ2n) is 4.44. The van der Waals surface area contributed by atoms with Gasteiger partial charge in [-0.25, -0.2) is 0 Å². The van der Waals surface area contributed by atoms with Gasteiger partial charge in [-0.3, -0.25) is 9.48 Å². The van der Waals surface area contributed by atoms with Gasteiger partial charge in [-0.1, -0.05) is 13.3 Å². The number of fused-ring (bicyclic) bond motifs is 1. The van der Waals surface area contributed by atoms with Gasteiger partial charge in [0.05, 0.1) is 5.69 Å². The number of aryl methyl sites for hydroxylation is 2. The third-order valence-corrected chi connectivity index (χ3v) is 3.26. The van der Waals surface area contributed by atoms with Gasteiger partial charge in [0.25, 0.3) is 0 Å². The van der Waals surface area contributed by atoms with Crippen LogP contribution in [0.4, 0.5) is 0 Å². The molecule has 1 amide bonds. The molecular formula is C12H19N3O. The molecule has 0 radical (unpaired) electrons. The summed E-state index contributed by atoms with van der Waals surface area (Å²) >= 11 is 0. The molecule has 88 valence electrons. The highest BCUT2D eigenvalue weighted by molar-refractivity contribution is 5.73. The number of hydrogen-bond donors (Lipinski definition) is 0. The number of aromatic nitrogens is 2. The molecule has 0 N–H and O–H groups in total. The number of carbonyl (C=O) groups is 1. The molecular weight excluding hydrogens is 202 g/mol. The van der Waals surface area contributed by atoms with Crippen LogP contribution in [0.15, 0.2) is 0 Å². The van der Waals surface area contributed by atoms with E-state index in [-0.39, 0.29) is 5.91 Å². The normalized spacial score (nSPS) is 15.1. The molecule has 16 heavy (non-hydrogen) atoms. The van der Waals surface area contributed by atoms with Crippen LogP contribution in [0.1, 0.15) is 37.2 Å². The lowest BCUT2D eigenvalue weighted by Crippen LogP contribution is -2.34. The smallest absolute Gasteiger partial charge is 0.219 e. The summed E-state index contributed by atoms with van der Waals surface area (Å²) < 4.78 is 1.98. The molecule has 2 rings (SSSR count). The van der Waals surface area contributed by atoms with E-state index in [0.29, 0.717) is 0 Å². The molecule has 4 nitrogen and oxygen atoms in total. The summed E-state index contributed by atoms with van der Waals surface area (Å²) in [5.74, 6) is 0.164. The Labute approximate surface area is 96.2 Å². The van der Waals surface area contributed by atoms with Crippen LogP contribution in [0.3, 0.4) is 0 Å². The molecule has 0 aliphatic carbocycles. The average Bonchev–Trinajstić information content (AvgIpc) is 2.56. The number of carbonyl (C=O) groups excluding carboxylic acids is 1. The highest BCUT2D eigenvalue weighted by atomic mass is 16.2. The lowest BCUT2D eigenvalue weighted by Gasteiger charge is -2.26. The van der Waals surface area contributed by atoms with Crippen molar-refractivity contribution in [2.24, 2.45) is 7.05 Å². The Morgan fingerprint density at radius 1 is 1.50 bits per heavy atom. The van der Waals surface area contributed by atoms with Gasteiger partial charge in [0.1, 0.15) is 0 Å². The van der Waals surface area contributed by atoms with Gasteiger partial charge in [0, 0.05) is 44.7 Å². The van der Waals surface area contributed by atoms with Gasteiger partial charge in [0.2, 0.25) is 5.91 Å². The Balaban J connectivity index is 2.31. The zero-order valence-electron chi connectivity index (χ0n) is 10.3. The summed E-state index contributed by atoms with van der Waals surface area (Å²) in [7, 11) is 2.00. The van der Waals surface area contributed by atoms with Crippen molar-refractivity contribution in [2.45, 2.75) is 39.7 Å². The van der Waals surface area contributed by atoms with Gasteiger partial charge in [-0.15, -0.1) is 0 Å². The van der Waals surface area contributed by atoms with Gasteiger partial charge in [0.15, 0.2) is 0 Å². The highest BCUT2D eigenvalue weighted by Crippen LogP contribution is 2.22. The fourth-order valence-electron chi connectivity index (χ4n) is 2.38. The Hall–Kier alpha value is -1.32. The summed E-state index contributed by atoms with van der Waals surface area (Å²) in [6, 6.07) is 0. The summed E-state index contributed by atoms with van der Waals surface area (Å²) in [4.78, 5) is 13.3. The van der Waals surface area contributed by atoms with E-state index in [1.54, 1.807) is 6.92 Å². The summed E-state index contributed by atoms with van der Waals surface area (Å²) in [6.07, 6.45) is 3.04. The van der Waals surface area contributed by atoms with Crippen LogP contribution in [-0.2, 0) is 31.2 Å². The van der Waals surface area contributed by atoms with E-state index >= 15 is 0 Å². The minimum absolute atomic E-state index is 0.164. The summed E-state index contributed by atoms with van der Waals surface area (Å²) in [6.45, 7) is 5.37. The number of rotatable bonds is 2. The molecule has 0 spiro atoms. The van der Waals surface area contributed by atoms with E-state index in [1.807, 2.05) is 16.6 Å². The third-order valence-electron chi connectivity index (χ3n) is 3.26. The molecule has 0 aromatic carbocycles. The molecule has 2 heterocycles. The van der Waals surface area contributed by atoms with Gasteiger partial charge in [-0.05, 0) is 6.42 Å². The third kappa shape index (κ3) is 1.84. The number of amides is 1. The van der Waals surface area contributed by atoms with Crippen LogP contribution < -0.4 is 0 Å². The minimum atomic E-state index is 0.164. The Morgan fingerprint density at radius 2 is 2.25 bits per heavy atom. The van der Waals surface area contributed by atoms with Crippen molar-refractivity contribution in [1.82, 2.24) is 14.7 Å². The van der Waals surface area contributed by atoms with Crippen LogP contribution in [0.25, 0.3) is 0 Å².